The zero-order valence-electron chi connectivity index (χ0n) is 30.2. The maximum absolute atomic E-state index is 7.06. The molecule has 0 N–H and O–H groups in total. The van der Waals surface area contributed by atoms with Crippen molar-refractivity contribution in [3.05, 3.63) is 194 Å². The van der Waals surface area contributed by atoms with E-state index >= 15 is 0 Å². The van der Waals surface area contributed by atoms with Crippen LogP contribution in [-0.4, -0.2) is 19.5 Å². The standard InChI is InChI=1S/C51H32N4O/c1-4-15-33(16-5-1)34-27-29-35(30-28-34)38-31-32-44(55-42-24-12-10-21-39(42)40-22-11-13-25-43(40)55)48-47(38)46-41(23-14-26-45(46)56-48)51-53-49(36-17-6-2-7-18-36)52-50(54-51)37-19-8-3-9-20-37/h1-32H. The molecule has 0 bridgehead atoms. The Morgan fingerprint density at radius 1 is 0.339 bits per heavy atom. The van der Waals surface area contributed by atoms with E-state index in [1.807, 2.05) is 78.9 Å². The van der Waals surface area contributed by atoms with Crippen LogP contribution in [0.4, 0.5) is 0 Å². The highest BCUT2D eigenvalue weighted by Gasteiger charge is 2.24. The summed E-state index contributed by atoms with van der Waals surface area (Å²) in [6.07, 6.45) is 0. The van der Waals surface area contributed by atoms with Gasteiger partial charge in [0.1, 0.15) is 5.58 Å². The van der Waals surface area contributed by atoms with Crippen LogP contribution in [0, 0.1) is 0 Å². The molecule has 0 radical (unpaired) electrons. The predicted octanol–water partition coefficient (Wildman–Crippen LogP) is 13.2. The second kappa shape index (κ2) is 13.0. The molecule has 8 aromatic carbocycles. The number of rotatable bonds is 6. The van der Waals surface area contributed by atoms with Gasteiger partial charge in [0.25, 0.3) is 0 Å². The molecule has 0 atom stereocenters. The molecule has 262 valence electrons. The predicted molar refractivity (Wildman–Crippen MR) is 229 cm³/mol. The summed E-state index contributed by atoms with van der Waals surface area (Å²) in [5.41, 5.74) is 12.0. The van der Waals surface area contributed by atoms with Crippen molar-refractivity contribution in [3.8, 4) is 62.1 Å². The van der Waals surface area contributed by atoms with Crippen LogP contribution < -0.4 is 0 Å². The first-order chi connectivity index (χ1) is 27.8. The van der Waals surface area contributed by atoms with Crippen LogP contribution in [0.1, 0.15) is 0 Å². The van der Waals surface area contributed by atoms with E-state index in [0.717, 1.165) is 72.0 Å². The van der Waals surface area contributed by atoms with Crippen molar-refractivity contribution in [1.29, 1.82) is 0 Å². The second-order valence-corrected chi connectivity index (χ2v) is 14.0. The molecule has 3 heterocycles. The minimum absolute atomic E-state index is 0.582. The molecule has 11 aromatic rings. The Morgan fingerprint density at radius 3 is 1.45 bits per heavy atom. The van der Waals surface area contributed by atoms with E-state index in [1.165, 1.54) is 16.3 Å². The number of nitrogens with zero attached hydrogens (tertiary/aromatic N) is 4. The van der Waals surface area contributed by atoms with Crippen LogP contribution in [0.15, 0.2) is 199 Å². The molecule has 0 aliphatic carbocycles. The van der Waals surface area contributed by atoms with Crippen molar-refractivity contribution in [1.82, 2.24) is 19.5 Å². The summed E-state index contributed by atoms with van der Waals surface area (Å²) >= 11 is 0. The van der Waals surface area contributed by atoms with Crippen molar-refractivity contribution in [3.63, 3.8) is 0 Å². The second-order valence-electron chi connectivity index (χ2n) is 14.0. The highest BCUT2D eigenvalue weighted by atomic mass is 16.3. The summed E-state index contributed by atoms with van der Waals surface area (Å²) < 4.78 is 9.39. The van der Waals surface area contributed by atoms with E-state index in [2.05, 4.69) is 120 Å². The lowest BCUT2D eigenvalue weighted by Gasteiger charge is -2.13. The van der Waals surface area contributed by atoms with Crippen LogP contribution in [0.5, 0.6) is 0 Å². The molecule has 0 saturated heterocycles. The fraction of sp³-hybridized carbons (Fsp3) is 0. The van der Waals surface area contributed by atoms with E-state index in [9.17, 15) is 0 Å². The Labute approximate surface area is 322 Å². The maximum Gasteiger partial charge on any atom is 0.164 e. The van der Waals surface area contributed by atoms with Gasteiger partial charge in [0.05, 0.1) is 16.7 Å². The number of furan rings is 1. The lowest BCUT2D eigenvalue weighted by atomic mass is 9.94. The van der Waals surface area contributed by atoms with Crippen molar-refractivity contribution < 1.29 is 4.42 Å². The number of benzene rings is 8. The van der Waals surface area contributed by atoms with Gasteiger partial charge in [-0.25, -0.2) is 15.0 Å². The smallest absolute Gasteiger partial charge is 0.164 e. The Morgan fingerprint density at radius 2 is 0.839 bits per heavy atom. The first-order valence-corrected chi connectivity index (χ1v) is 18.8. The molecular weight excluding hydrogens is 685 g/mol. The van der Waals surface area contributed by atoms with Gasteiger partial charge in [-0.05, 0) is 46.5 Å². The van der Waals surface area contributed by atoms with E-state index in [0.29, 0.717) is 17.5 Å². The van der Waals surface area contributed by atoms with Crippen molar-refractivity contribution >= 4 is 43.7 Å². The third kappa shape index (κ3) is 5.21. The SMILES string of the molecule is c1ccc(-c2ccc(-c3ccc(-n4c5ccccc5c5ccccc54)c4oc5cccc(-c6nc(-c7ccccc7)nc(-c7ccccc7)n6)c5c34)cc2)cc1. The van der Waals surface area contributed by atoms with Gasteiger partial charge in [0, 0.05) is 38.2 Å². The number of hydrogen-bond donors (Lipinski definition) is 0. The highest BCUT2D eigenvalue weighted by Crippen LogP contribution is 2.45. The largest absolute Gasteiger partial charge is 0.454 e. The molecule has 0 amide bonds. The molecule has 0 saturated carbocycles. The van der Waals surface area contributed by atoms with E-state index < -0.39 is 0 Å². The summed E-state index contributed by atoms with van der Waals surface area (Å²) in [4.78, 5) is 15.3. The van der Waals surface area contributed by atoms with Crippen molar-refractivity contribution in [2.45, 2.75) is 0 Å². The lowest BCUT2D eigenvalue weighted by molar-refractivity contribution is 0.666. The third-order valence-electron chi connectivity index (χ3n) is 10.7. The van der Waals surface area contributed by atoms with E-state index in [-0.39, 0.29) is 0 Å². The molecule has 3 aromatic heterocycles. The number of hydrogen-bond acceptors (Lipinski definition) is 4. The monoisotopic (exact) mass is 716 g/mol. The molecular formula is C51H32N4O. The third-order valence-corrected chi connectivity index (χ3v) is 10.7. The Bertz CT molecular complexity index is 3110. The van der Waals surface area contributed by atoms with Gasteiger partial charge < -0.3 is 8.98 Å². The lowest BCUT2D eigenvalue weighted by Crippen LogP contribution is -2.00. The molecule has 11 rings (SSSR count). The first kappa shape index (κ1) is 31.9. The first-order valence-electron chi connectivity index (χ1n) is 18.8. The summed E-state index contributed by atoms with van der Waals surface area (Å²) in [5, 5.41) is 4.35. The topological polar surface area (TPSA) is 56.7 Å². The van der Waals surface area contributed by atoms with E-state index in [1.54, 1.807) is 0 Å². The van der Waals surface area contributed by atoms with Gasteiger partial charge in [-0.1, -0.05) is 170 Å². The fourth-order valence-corrected chi connectivity index (χ4v) is 8.09. The van der Waals surface area contributed by atoms with Crippen LogP contribution in [0.3, 0.4) is 0 Å². The normalized spacial score (nSPS) is 11.6. The molecule has 5 nitrogen and oxygen atoms in total. The van der Waals surface area contributed by atoms with Gasteiger partial charge in [-0.3, -0.25) is 0 Å². The summed E-state index contributed by atoms with van der Waals surface area (Å²) in [6, 6.07) is 67.3. The molecule has 0 fully saturated rings. The van der Waals surface area contributed by atoms with Crippen molar-refractivity contribution in [2.75, 3.05) is 0 Å². The van der Waals surface area contributed by atoms with Gasteiger partial charge >= 0.3 is 0 Å². The van der Waals surface area contributed by atoms with Crippen molar-refractivity contribution in [2.24, 2.45) is 0 Å². The quantitative estimate of drug-likeness (QED) is 0.172. The maximum atomic E-state index is 7.06. The molecule has 0 spiro atoms. The Hall–Kier alpha value is -7.63. The average Bonchev–Trinajstić information content (AvgIpc) is 3.84. The van der Waals surface area contributed by atoms with Gasteiger partial charge in [-0.15, -0.1) is 0 Å². The van der Waals surface area contributed by atoms with E-state index in [4.69, 9.17) is 19.4 Å². The van der Waals surface area contributed by atoms with Crippen LogP contribution in [-0.2, 0) is 0 Å². The molecule has 0 aliphatic rings. The zero-order valence-corrected chi connectivity index (χ0v) is 30.2. The number of fused-ring (bicyclic) bond motifs is 6. The Kier molecular flexibility index (Phi) is 7.42. The minimum atomic E-state index is 0.582. The highest BCUT2D eigenvalue weighted by molar-refractivity contribution is 6.20. The summed E-state index contributed by atoms with van der Waals surface area (Å²) in [5.74, 6) is 1.81. The van der Waals surface area contributed by atoms with Crippen LogP contribution in [0.2, 0.25) is 0 Å². The van der Waals surface area contributed by atoms with Gasteiger partial charge in [-0.2, -0.15) is 0 Å². The summed E-state index contributed by atoms with van der Waals surface area (Å²) in [6.45, 7) is 0. The fourth-order valence-electron chi connectivity index (χ4n) is 8.09. The molecule has 0 aliphatic heterocycles. The summed E-state index contributed by atoms with van der Waals surface area (Å²) in [7, 11) is 0. The number of para-hydroxylation sites is 2. The van der Waals surface area contributed by atoms with Gasteiger partial charge in [0.15, 0.2) is 23.1 Å². The molecule has 56 heavy (non-hydrogen) atoms. The average molecular weight is 717 g/mol. The zero-order chi connectivity index (χ0) is 37.0. The van der Waals surface area contributed by atoms with Gasteiger partial charge in [0.2, 0.25) is 0 Å². The molecule has 0 unspecified atom stereocenters. The molecule has 5 heteroatoms. The Balaban J connectivity index is 1.22. The number of aromatic nitrogens is 4. The minimum Gasteiger partial charge on any atom is -0.454 e. The van der Waals surface area contributed by atoms with Crippen LogP contribution in [0.25, 0.3) is 106 Å². The van der Waals surface area contributed by atoms with Crippen LogP contribution >= 0.6 is 0 Å².